The number of anilines is 1. The third-order valence-corrected chi connectivity index (χ3v) is 5.01. The van der Waals surface area contributed by atoms with E-state index in [1.54, 1.807) is 17.5 Å². The molecule has 3 aromatic heterocycles. The Kier molecular flexibility index (Phi) is 3.63. The molecule has 0 fully saturated rings. The molecule has 0 aliphatic heterocycles. The molecule has 1 aliphatic rings. The maximum absolute atomic E-state index is 12.5. The second-order valence-electron chi connectivity index (χ2n) is 5.43. The number of thiophene rings is 1. The van der Waals surface area contributed by atoms with Gasteiger partial charge in [0.15, 0.2) is 5.82 Å². The molecular weight excluding hydrogens is 310 g/mol. The predicted octanol–water partition coefficient (Wildman–Crippen LogP) is 3.06. The standard InChI is InChI=1S/C16H15N5OS/c22-15(11-9-23-13-7-2-1-5-10(11)13)19-16-18-14(20-21-16)12-6-3-4-8-17-12/h3-4,6,8-9H,1-2,5,7H2,(H2,18,19,20,21,22). The number of aromatic amines is 1. The number of pyridine rings is 1. The highest BCUT2D eigenvalue weighted by Gasteiger charge is 2.21. The normalized spacial score (nSPS) is 13.6. The molecule has 0 spiro atoms. The van der Waals surface area contributed by atoms with Crippen LogP contribution < -0.4 is 5.32 Å². The molecule has 23 heavy (non-hydrogen) atoms. The van der Waals surface area contributed by atoms with Crippen LogP contribution in [-0.2, 0) is 12.8 Å². The van der Waals surface area contributed by atoms with Crippen LogP contribution in [0.15, 0.2) is 29.8 Å². The zero-order valence-corrected chi connectivity index (χ0v) is 13.2. The van der Waals surface area contributed by atoms with Crippen molar-refractivity contribution < 1.29 is 4.79 Å². The maximum Gasteiger partial charge on any atom is 0.259 e. The van der Waals surface area contributed by atoms with Gasteiger partial charge in [-0.1, -0.05) is 6.07 Å². The quantitative estimate of drug-likeness (QED) is 0.775. The number of nitrogens with one attached hydrogen (secondary N) is 2. The molecule has 0 radical (unpaired) electrons. The van der Waals surface area contributed by atoms with Crippen molar-refractivity contribution in [3.63, 3.8) is 0 Å². The van der Waals surface area contributed by atoms with E-state index in [9.17, 15) is 4.79 Å². The lowest BCUT2D eigenvalue weighted by molar-refractivity contribution is 0.102. The zero-order chi connectivity index (χ0) is 15.6. The number of fused-ring (bicyclic) bond motifs is 1. The number of H-pyrrole nitrogens is 1. The molecule has 7 heteroatoms. The number of nitrogens with zero attached hydrogens (tertiary/aromatic N) is 3. The van der Waals surface area contributed by atoms with E-state index in [0.717, 1.165) is 24.8 Å². The highest BCUT2D eigenvalue weighted by atomic mass is 32.1. The molecule has 0 saturated carbocycles. The molecule has 3 heterocycles. The van der Waals surface area contributed by atoms with Crippen LogP contribution in [0.2, 0.25) is 0 Å². The van der Waals surface area contributed by atoms with Gasteiger partial charge in [0.05, 0.1) is 5.56 Å². The van der Waals surface area contributed by atoms with Crippen molar-refractivity contribution in [1.29, 1.82) is 0 Å². The minimum atomic E-state index is -0.143. The van der Waals surface area contributed by atoms with Crippen LogP contribution in [0, 0.1) is 0 Å². The number of aromatic nitrogens is 4. The molecule has 2 N–H and O–H groups in total. The van der Waals surface area contributed by atoms with E-state index in [1.165, 1.54) is 16.9 Å². The van der Waals surface area contributed by atoms with Gasteiger partial charge in [-0.2, -0.15) is 4.98 Å². The summed E-state index contributed by atoms with van der Waals surface area (Å²) < 4.78 is 0. The van der Waals surface area contributed by atoms with Gasteiger partial charge in [0.25, 0.3) is 5.91 Å². The van der Waals surface area contributed by atoms with Gasteiger partial charge in [0.2, 0.25) is 5.95 Å². The fraction of sp³-hybridized carbons (Fsp3) is 0.250. The van der Waals surface area contributed by atoms with Gasteiger partial charge in [-0.3, -0.25) is 20.2 Å². The van der Waals surface area contributed by atoms with Crippen LogP contribution in [0.3, 0.4) is 0 Å². The van der Waals surface area contributed by atoms with E-state index in [-0.39, 0.29) is 11.9 Å². The summed E-state index contributed by atoms with van der Waals surface area (Å²) in [5, 5.41) is 11.6. The van der Waals surface area contributed by atoms with Gasteiger partial charge in [0.1, 0.15) is 5.69 Å². The number of amides is 1. The SMILES string of the molecule is O=C(Nc1n[nH]c(-c2ccccn2)n1)c1csc2c1CCCC2. The van der Waals surface area contributed by atoms with Gasteiger partial charge >= 0.3 is 0 Å². The van der Waals surface area contributed by atoms with Gasteiger partial charge in [-0.25, -0.2) is 0 Å². The average molecular weight is 325 g/mol. The van der Waals surface area contributed by atoms with Crippen LogP contribution in [0.4, 0.5) is 5.95 Å². The maximum atomic E-state index is 12.5. The molecule has 1 amide bonds. The molecule has 4 rings (SSSR count). The van der Waals surface area contributed by atoms with Gasteiger partial charge in [-0.15, -0.1) is 16.4 Å². The summed E-state index contributed by atoms with van der Waals surface area (Å²) in [6.07, 6.45) is 6.11. The van der Waals surface area contributed by atoms with Crippen LogP contribution >= 0.6 is 11.3 Å². The van der Waals surface area contributed by atoms with Crippen LogP contribution in [0.1, 0.15) is 33.6 Å². The van der Waals surface area contributed by atoms with Gasteiger partial charge in [-0.05, 0) is 43.4 Å². The summed E-state index contributed by atoms with van der Waals surface area (Å²) >= 11 is 1.67. The smallest absolute Gasteiger partial charge is 0.259 e. The minimum Gasteiger partial charge on any atom is -0.289 e. The van der Waals surface area contributed by atoms with Crippen molar-refractivity contribution in [3.05, 3.63) is 45.8 Å². The first-order valence-corrected chi connectivity index (χ1v) is 8.43. The molecular formula is C16H15N5OS. The van der Waals surface area contributed by atoms with Crippen molar-refractivity contribution in [2.24, 2.45) is 0 Å². The largest absolute Gasteiger partial charge is 0.289 e. The van der Waals surface area contributed by atoms with Crippen LogP contribution in [0.25, 0.3) is 11.5 Å². The number of carbonyl (C=O) groups excluding carboxylic acids is 1. The summed E-state index contributed by atoms with van der Waals surface area (Å²) in [5.41, 5.74) is 2.64. The first-order valence-electron chi connectivity index (χ1n) is 7.55. The van der Waals surface area contributed by atoms with Crippen LogP contribution in [0.5, 0.6) is 0 Å². The van der Waals surface area contributed by atoms with E-state index in [0.29, 0.717) is 11.5 Å². The molecule has 1 aliphatic carbocycles. The summed E-state index contributed by atoms with van der Waals surface area (Å²) in [7, 11) is 0. The summed E-state index contributed by atoms with van der Waals surface area (Å²) in [4.78, 5) is 22.3. The monoisotopic (exact) mass is 325 g/mol. The van der Waals surface area contributed by atoms with Crippen molar-refractivity contribution >= 4 is 23.2 Å². The van der Waals surface area contributed by atoms with Crippen LogP contribution in [-0.4, -0.2) is 26.1 Å². The summed E-state index contributed by atoms with van der Waals surface area (Å²) in [6.45, 7) is 0. The Morgan fingerprint density at radius 3 is 3.04 bits per heavy atom. The molecule has 0 unspecified atom stereocenters. The van der Waals surface area contributed by atoms with E-state index >= 15 is 0 Å². The fourth-order valence-corrected chi connectivity index (χ4v) is 3.91. The molecule has 0 saturated heterocycles. The van der Waals surface area contributed by atoms with Crippen molar-refractivity contribution in [1.82, 2.24) is 20.2 Å². The van der Waals surface area contributed by atoms with Gasteiger partial charge < -0.3 is 0 Å². The van der Waals surface area contributed by atoms with E-state index < -0.39 is 0 Å². The molecule has 116 valence electrons. The summed E-state index contributed by atoms with van der Waals surface area (Å²) in [5.74, 6) is 0.663. The highest BCUT2D eigenvalue weighted by molar-refractivity contribution is 7.10. The number of hydrogen-bond donors (Lipinski definition) is 2. The number of carbonyl (C=O) groups is 1. The Morgan fingerprint density at radius 1 is 1.26 bits per heavy atom. The Labute approximate surface area is 137 Å². The van der Waals surface area contributed by atoms with Crippen molar-refractivity contribution in [3.8, 4) is 11.5 Å². The lowest BCUT2D eigenvalue weighted by Gasteiger charge is -2.12. The molecule has 0 atom stereocenters. The Balaban J connectivity index is 1.53. The second-order valence-corrected chi connectivity index (χ2v) is 6.40. The predicted molar refractivity (Wildman–Crippen MR) is 88.5 cm³/mol. The molecule has 3 aromatic rings. The number of aryl methyl sites for hydroxylation is 1. The molecule has 0 bridgehead atoms. The van der Waals surface area contributed by atoms with Crippen molar-refractivity contribution in [2.75, 3.05) is 5.32 Å². The third kappa shape index (κ3) is 2.75. The zero-order valence-electron chi connectivity index (χ0n) is 12.4. The Morgan fingerprint density at radius 2 is 2.17 bits per heavy atom. The number of hydrogen-bond acceptors (Lipinski definition) is 5. The third-order valence-electron chi connectivity index (χ3n) is 3.92. The lowest BCUT2D eigenvalue weighted by Crippen LogP contribution is -2.15. The van der Waals surface area contributed by atoms with Gasteiger partial charge in [0, 0.05) is 16.5 Å². The van der Waals surface area contributed by atoms with Crippen molar-refractivity contribution in [2.45, 2.75) is 25.7 Å². The lowest BCUT2D eigenvalue weighted by atomic mass is 9.96. The average Bonchev–Trinajstić information content (AvgIpc) is 3.22. The minimum absolute atomic E-state index is 0.143. The van der Waals surface area contributed by atoms with E-state index in [1.807, 2.05) is 23.6 Å². The van der Waals surface area contributed by atoms with E-state index in [4.69, 9.17) is 0 Å². The number of rotatable bonds is 3. The molecule has 0 aromatic carbocycles. The first-order chi connectivity index (χ1) is 11.3. The first kappa shape index (κ1) is 14.1. The fourth-order valence-electron chi connectivity index (χ4n) is 2.79. The Hall–Kier alpha value is -2.54. The molecule has 6 nitrogen and oxygen atoms in total. The second kappa shape index (κ2) is 5.92. The van der Waals surface area contributed by atoms with E-state index in [2.05, 4.69) is 25.5 Å². The Bertz CT molecular complexity index is 839. The summed E-state index contributed by atoms with van der Waals surface area (Å²) in [6, 6.07) is 5.55. The highest BCUT2D eigenvalue weighted by Crippen LogP contribution is 2.30. The topological polar surface area (TPSA) is 83.6 Å².